The Balaban J connectivity index is 1.94. The highest BCUT2D eigenvalue weighted by molar-refractivity contribution is 7.99. The molecule has 0 aliphatic carbocycles. The van der Waals surface area contributed by atoms with Crippen molar-refractivity contribution in [2.24, 2.45) is 0 Å². The van der Waals surface area contributed by atoms with Crippen LogP contribution in [0.1, 0.15) is 24.0 Å². The van der Waals surface area contributed by atoms with Gasteiger partial charge in [0.1, 0.15) is 0 Å². The van der Waals surface area contributed by atoms with Crippen LogP contribution in [-0.2, 0) is 14.3 Å². The highest BCUT2D eigenvalue weighted by Gasteiger charge is 2.33. The van der Waals surface area contributed by atoms with E-state index in [1.165, 1.54) is 0 Å². The van der Waals surface area contributed by atoms with Gasteiger partial charge in [-0.1, -0.05) is 18.2 Å². The number of carbonyl (C=O) groups is 2. The topological polar surface area (TPSA) is 67.4 Å². The molecule has 1 saturated heterocycles. The first-order chi connectivity index (χ1) is 11.0. The van der Waals surface area contributed by atoms with Crippen molar-refractivity contribution in [3.05, 3.63) is 29.3 Å². The van der Waals surface area contributed by atoms with Gasteiger partial charge in [-0.2, -0.15) is 11.8 Å². The lowest BCUT2D eigenvalue weighted by molar-refractivity contribution is -0.137. The Morgan fingerprint density at radius 1 is 1.17 bits per heavy atom. The van der Waals surface area contributed by atoms with E-state index in [1.807, 2.05) is 43.8 Å². The zero-order valence-corrected chi connectivity index (χ0v) is 14.7. The van der Waals surface area contributed by atoms with E-state index in [4.69, 9.17) is 4.74 Å². The number of aryl methyl sites for hydroxylation is 2. The third-order valence-electron chi connectivity index (χ3n) is 4.33. The summed E-state index contributed by atoms with van der Waals surface area (Å²) in [6.45, 7) is 4.17. The zero-order chi connectivity index (χ0) is 16.9. The molecular weight excluding hydrogens is 312 g/mol. The van der Waals surface area contributed by atoms with Gasteiger partial charge in [0.25, 0.3) is 0 Å². The largest absolute Gasteiger partial charge is 0.376 e. The van der Waals surface area contributed by atoms with Gasteiger partial charge in [-0.15, -0.1) is 0 Å². The maximum atomic E-state index is 12.1. The van der Waals surface area contributed by atoms with E-state index < -0.39 is 11.8 Å². The second kappa shape index (κ2) is 7.84. The van der Waals surface area contributed by atoms with Crippen LogP contribution in [0.4, 0.5) is 5.69 Å². The molecule has 126 valence electrons. The summed E-state index contributed by atoms with van der Waals surface area (Å²) in [6.07, 6.45) is 1.76. The van der Waals surface area contributed by atoms with Gasteiger partial charge in [-0.25, -0.2) is 0 Å². The molecule has 1 fully saturated rings. The Kier molecular flexibility index (Phi) is 6.07. The van der Waals surface area contributed by atoms with Crippen LogP contribution in [0.3, 0.4) is 0 Å². The van der Waals surface area contributed by atoms with Gasteiger partial charge in [0.15, 0.2) is 0 Å². The molecule has 23 heavy (non-hydrogen) atoms. The lowest BCUT2D eigenvalue weighted by atomic mass is 9.96. The number of rotatable bonds is 4. The third-order valence-corrected chi connectivity index (χ3v) is 5.32. The van der Waals surface area contributed by atoms with Crippen LogP contribution in [0.15, 0.2) is 18.2 Å². The number of hydrogen-bond acceptors (Lipinski definition) is 4. The molecule has 0 radical (unpaired) electrons. The molecule has 2 rings (SSSR count). The van der Waals surface area contributed by atoms with Gasteiger partial charge in [-0.3, -0.25) is 9.59 Å². The Labute approximate surface area is 141 Å². The smallest absolute Gasteiger partial charge is 0.313 e. The first-order valence-corrected chi connectivity index (χ1v) is 8.91. The molecule has 1 aromatic rings. The van der Waals surface area contributed by atoms with E-state index in [9.17, 15) is 9.59 Å². The molecule has 1 aliphatic heterocycles. The first kappa shape index (κ1) is 17.8. The van der Waals surface area contributed by atoms with Crippen molar-refractivity contribution < 1.29 is 14.3 Å². The molecule has 1 heterocycles. The summed E-state index contributed by atoms with van der Waals surface area (Å²) >= 11 is 1.89. The average molecular weight is 336 g/mol. The van der Waals surface area contributed by atoms with E-state index in [-0.39, 0.29) is 5.60 Å². The maximum Gasteiger partial charge on any atom is 0.313 e. The summed E-state index contributed by atoms with van der Waals surface area (Å²) in [5, 5.41) is 5.42. The summed E-state index contributed by atoms with van der Waals surface area (Å²) in [6, 6.07) is 5.73. The van der Waals surface area contributed by atoms with Gasteiger partial charge in [0.2, 0.25) is 0 Å². The molecule has 0 saturated carbocycles. The molecule has 0 unspecified atom stereocenters. The van der Waals surface area contributed by atoms with E-state index in [0.29, 0.717) is 12.2 Å². The Morgan fingerprint density at radius 2 is 1.78 bits per heavy atom. The minimum Gasteiger partial charge on any atom is -0.376 e. The Morgan fingerprint density at radius 3 is 2.35 bits per heavy atom. The molecule has 0 aromatic heterocycles. The fourth-order valence-electron chi connectivity index (χ4n) is 2.70. The van der Waals surface area contributed by atoms with Crippen LogP contribution in [0, 0.1) is 13.8 Å². The fourth-order valence-corrected chi connectivity index (χ4v) is 3.94. The van der Waals surface area contributed by atoms with Crippen molar-refractivity contribution in [1.29, 1.82) is 0 Å². The summed E-state index contributed by atoms with van der Waals surface area (Å²) in [5.74, 6) is 0.762. The SMILES string of the molecule is COC1(CNC(=O)C(=O)Nc2c(C)cccc2C)CCSCC1. The molecule has 1 aromatic carbocycles. The minimum atomic E-state index is -0.640. The quantitative estimate of drug-likeness (QED) is 0.828. The summed E-state index contributed by atoms with van der Waals surface area (Å²) < 4.78 is 5.61. The number of methoxy groups -OCH3 is 1. The third kappa shape index (κ3) is 4.48. The van der Waals surface area contributed by atoms with Gasteiger partial charge >= 0.3 is 11.8 Å². The predicted octanol–water partition coefficient (Wildman–Crippen LogP) is 2.27. The van der Waals surface area contributed by atoms with E-state index in [0.717, 1.165) is 35.5 Å². The van der Waals surface area contributed by atoms with Crippen LogP contribution in [0.5, 0.6) is 0 Å². The lowest BCUT2D eigenvalue weighted by Gasteiger charge is -2.35. The number of nitrogens with one attached hydrogen (secondary N) is 2. The van der Waals surface area contributed by atoms with Gasteiger partial charge in [-0.05, 0) is 49.3 Å². The van der Waals surface area contributed by atoms with E-state index >= 15 is 0 Å². The van der Waals surface area contributed by atoms with E-state index in [1.54, 1.807) is 7.11 Å². The maximum absolute atomic E-state index is 12.1. The molecule has 6 heteroatoms. The zero-order valence-electron chi connectivity index (χ0n) is 13.9. The second-order valence-electron chi connectivity index (χ2n) is 5.90. The fraction of sp³-hybridized carbons (Fsp3) is 0.529. The molecule has 2 N–H and O–H groups in total. The standard InChI is InChI=1S/C17H24N2O3S/c1-12-5-4-6-13(2)14(12)19-16(21)15(20)18-11-17(22-3)7-9-23-10-8-17/h4-6H,7-11H2,1-3H3,(H,18,20)(H,19,21). The van der Waals surface area contributed by atoms with Crippen molar-refractivity contribution in [3.8, 4) is 0 Å². The van der Waals surface area contributed by atoms with Gasteiger partial charge in [0, 0.05) is 19.3 Å². The average Bonchev–Trinajstić information content (AvgIpc) is 2.56. The number of benzene rings is 1. The number of hydrogen-bond donors (Lipinski definition) is 2. The molecule has 1 aliphatic rings. The normalized spacial score (nSPS) is 16.7. The number of carbonyl (C=O) groups excluding carboxylic acids is 2. The van der Waals surface area contributed by atoms with Crippen LogP contribution in [0.25, 0.3) is 0 Å². The van der Waals surface area contributed by atoms with Crippen LogP contribution < -0.4 is 10.6 Å². The van der Waals surface area contributed by atoms with Gasteiger partial charge < -0.3 is 15.4 Å². The van der Waals surface area contributed by atoms with Crippen LogP contribution >= 0.6 is 11.8 Å². The molecule has 5 nitrogen and oxygen atoms in total. The number of thioether (sulfide) groups is 1. The highest BCUT2D eigenvalue weighted by atomic mass is 32.2. The van der Waals surface area contributed by atoms with Crippen molar-refractivity contribution >= 4 is 29.3 Å². The summed E-state index contributed by atoms with van der Waals surface area (Å²) in [7, 11) is 1.67. The number of para-hydroxylation sites is 1. The number of amides is 2. The molecular formula is C17H24N2O3S. The van der Waals surface area contributed by atoms with Crippen molar-refractivity contribution in [1.82, 2.24) is 5.32 Å². The second-order valence-corrected chi connectivity index (χ2v) is 7.13. The van der Waals surface area contributed by atoms with Crippen LogP contribution in [-0.4, -0.2) is 42.6 Å². The molecule has 2 amide bonds. The molecule has 0 atom stereocenters. The number of anilines is 1. The van der Waals surface area contributed by atoms with E-state index in [2.05, 4.69) is 10.6 Å². The summed E-state index contributed by atoms with van der Waals surface area (Å²) in [4.78, 5) is 24.2. The van der Waals surface area contributed by atoms with Crippen LogP contribution in [0.2, 0.25) is 0 Å². The molecule has 0 bridgehead atoms. The van der Waals surface area contributed by atoms with Crippen molar-refractivity contribution in [3.63, 3.8) is 0 Å². The minimum absolute atomic E-state index is 0.347. The monoisotopic (exact) mass is 336 g/mol. The van der Waals surface area contributed by atoms with Gasteiger partial charge in [0.05, 0.1) is 5.60 Å². The van der Waals surface area contributed by atoms with Crippen molar-refractivity contribution in [2.45, 2.75) is 32.3 Å². The van der Waals surface area contributed by atoms with Crippen molar-refractivity contribution in [2.75, 3.05) is 30.5 Å². The highest BCUT2D eigenvalue weighted by Crippen LogP contribution is 2.29. The Bertz CT molecular complexity index is 563. The lowest BCUT2D eigenvalue weighted by Crippen LogP contribution is -2.49. The Hall–Kier alpha value is -1.53. The number of ether oxygens (including phenoxy) is 1. The predicted molar refractivity (Wildman–Crippen MR) is 93.9 cm³/mol. The first-order valence-electron chi connectivity index (χ1n) is 7.76. The summed E-state index contributed by atoms with van der Waals surface area (Å²) in [5.41, 5.74) is 2.22. The molecule has 0 spiro atoms.